The van der Waals surface area contributed by atoms with Crippen molar-refractivity contribution in [2.45, 2.75) is 20.1 Å². The van der Waals surface area contributed by atoms with Crippen LogP contribution in [0.15, 0.2) is 60.7 Å². The smallest absolute Gasteiger partial charge is 0.174 e. The lowest BCUT2D eigenvalue weighted by Gasteiger charge is -2.16. The third kappa shape index (κ3) is 5.58. The summed E-state index contributed by atoms with van der Waals surface area (Å²) in [7, 11) is 0. The lowest BCUT2D eigenvalue weighted by Crippen LogP contribution is -2.05. The third-order valence-corrected chi connectivity index (χ3v) is 4.78. The molecule has 146 valence electrons. The van der Waals surface area contributed by atoms with E-state index in [-0.39, 0.29) is 18.2 Å². The maximum absolute atomic E-state index is 13.4. The molecule has 3 aromatic carbocycles. The average molecular weight is 495 g/mol. The molecule has 0 aliphatic heterocycles. The first-order valence-electron chi connectivity index (χ1n) is 8.87. The van der Waals surface area contributed by atoms with Gasteiger partial charge in [0.1, 0.15) is 18.2 Å². The number of hydrogen-bond donors (Lipinski definition) is 1. The minimum Gasteiger partial charge on any atom is -0.490 e. The number of nitrogens with one attached hydrogen (secondary N) is 1. The summed E-state index contributed by atoms with van der Waals surface area (Å²) in [6, 6.07) is 16.5. The van der Waals surface area contributed by atoms with Gasteiger partial charge in [-0.3, -0.25) is 0 Å². The molecular weight excluding hydrogens is 475 g/mol. The molecule has 3 nitrogen and oxygen atoms in total. The van der Waals surface area contributed by atoms with E-state index >= 15 is 0 Å². The zero-order valence-electron chi connectivity index (χ0n) is 15.3. The highest BCUT2D eigenvalue weighted by Gasteiger charge is 2.13. The van der Waals surface area contributed by atoms with Gasteiger partial charge in [0.25, 0.3) is 0 Å². The van der Waals surface area contributed by atoms with E-state index in [1.807, 2.05) is 25.1 Å². The highest BCUT2D eigenvalue weighted by atomic mass is 127. The van der Waals surface area contributed by atoms with Gasteiger partial charge in [-0.1, -0.05) is 12.1 Å². The summed E-state index contributed by atoms with van der Waals surface area (Å²) >= 11 is 2.20. The van der Waals surface area contributed by atoms with Crippen molar-refractivity contribution in [1.29, 1.82) is 0 Å². The van der Waals surface area contributed by atoms with Gasteiger partial charge in [0.05, 0.1) is 10.2 Å². The fourth-order valence-corrected chi connectivity index (χ4v) is 3.50. The molecule has 28 heavy (non-hydrogen) atoms. The lowest BCUT2D eigenvalue weighted by atomic mass is 10.2. The first-order chi connectivity index (χ1) is 13.5. The molecular formula is C22H20F2INO2. The maximum Gasteiger partial charge on any atom is 0.174 e. The van der Waals surface area contributed by atoms with E-state index in [0.29, 0.717) is 24.7 Å². The van der Waals surface area contributed by atoms with Gasteiger partial charge in [0, 0.05) is 12.2 Å². The number of rotatable bonds is 8. The van der Waals surface area contributed by atoms with Crippen molar-refractivity contribution in [1.82, 2.24) is 0 Å². The maximum atomic E-state index is 13.4. The number of anilines is 1. The highest BCUT2D eigenvalue weighted by Crippen LogP contribution is 2.35. The van der Waals surface area contributed by atoms with E-state index in [0.717, 1.165) is 20.4 Å². The topological polar surface area (TPSA) is 30.5 Å². The molecule has 0 bridgehead atoms. The molecule has 0 unspecified atom stereocenters. The van der Waals surface area contributed by atoms with E-state index in [1.165, 1.54) is 24.3 Å². The summed E-state index contributed by atoms with van der Waals surface area (Å²) in [5.74, 6) is 0.723. The first-order valence-corrected chi connectivity index (χ1v) is 9.95. The number of benzene rings is 3. The summed E-state index contributed by atoms with van der Waals surface area (Å²) in [5.41, 5.74) is 2.59. The van der Waals surface area contributed by atoms with E-state index in [9.17, 15) is 8.78 Å². The molecule has 3 rings (SSSR count). The Morgan fingerprint density at radius 1 is 0.893 bits per heavy atom. The van der Waals surface area contributed by atoms with Crippen LogP contribution in [-0.2, 0) is 13.2 Å². The monoisotopic (exact) mass is 495 g/mol. The zero-order valence-corrected chi connectivity index (χ0v) is 17.5. The van der Waals surface area contributed by atoms with Crippen molar-refractivity contribution in [3.8, 4) is 11.5 Å². The normalized spacial score (nSPS) is 10.6. The van der Waals surface area contributed by atoms with Crippen LogP contribution >= 0.6 is 22.6 Å². The molecule has 0 fully saturated rings. The predicted molar refractivity (Wildman–Crippen MR) is 115 cm³/mol. The van der Waals surface area contributed by atoms with E-state index < -0.39 is 0 Å². The fraction of sp³-hybridized carbons (Fsp3) is 0.182. The van der Waals surface area contributed by atoms with Crippen molar-refractivity contribution >= 4 is 28.3 Å². The van der Waals surface area contributed by atoms with Gasteiger partial charge < -0.3 is 14.8 Å². The Morgan fingerprint density at radius 3 is 2.39 bits per heavy atom. The van der Waals surface area contributed by atoms with Gasteiger partial charge in [-0.05, 0) is 89.2 Å². The van der Waals surface area contributed by atoms with Crippen molar-refractivity contribution in [3.05, 3.63) is 87.0 Å². The van der Waals surface area contributed by atoms with Crippen LogP contribution in [0.4, 0.5) is 14.5 Å². The van der Waals surface area contributed by atoms with Crippen LogP contribution in [0.3, 0.4) is 0 Å². The summed E-state index contributed by atoms with van der Waals surface area (Å²) in [4.78, 5) is 0. The van der Waals surface area contributed by atoms with E-state index in [2.05, 4.69) is 27.9 Å². The highest BCUT2D eigenvalue weighted by molar-refractivity contribution is 14.1. The molecule has 0 saturated heterocycles. The zero-order chi connectivity index (χ0) is 19.9. The second-order valence-corrected chi connectivity index (χ2v) is 7.28. The quantitative estimate of drug-likeness (QED) is 0.380. The Labute approximate surface area is 176 Å². The van der Waals surface area contributed by atoms with Gasteiger partial charge >= 0.3 is 0 Å². The molecule has 6 heteroatoms. The van der Waals surface area contributed by atoms with E-state index in [4.69, 9.17) is 9.47 Å². The number of ether oxygens (including phenoxy) is 2. The molecule has 0 atom stereocenters. The summed E-state index contributed by atoms with van der Waals surface area (Å²) in [6.07, 6.45) is 0. The van der Waals surface area contributed by atoms with Gasteiger partial charge in [0.15, 0.2) is 11.5 Å². The Balaban J connectivity index is 1.74. The first kappa shape index (κ1) is 20.4. The van der Waals surface area contributed by atoms with Crippen molar-refractivity contribution in [3.63, 3.8) is 0 Å². The molecule has 0 aliphatic carbocycles. The Bertz CT molecular complexity index is 932. The minimum atomic E-state index is -0.289. The summed E-state index contributed by atoms with van der Waals surface area (Å²) in [6.45, 7) is 3.22. The lowest BCUT2D eigenvalue weighted by molar-refractivity contribution is 0.267. The van der Waals surface area contributed by atoms with Gasteiger partial charge in [-0.2, -0.15) is 0 Å². The number of hydrogen-bond acceptors (Lipinski definition) is 3. The molecule has 0 spiro atoms. The molecule has 0 aromatic heterocycles. The van der Waals surface area contributed by atoms with Crippen LogP contribution in [0, 0.1) is 15.2 Å². The van der Waals surface area contributed by atoms with Crippen LogP contribution < -0.4 is 14.8 Å². The van der Waals surface area contributed by atoms with Crippen LogP contribution in [0.1, 0.15) is 18.1 Å². The standard InChI is InChI=1S/C22H20F2INO2/c1-2-27-21-12-16(13-26-19-8-6-17(23)7-9-19)11-20(25)22(21)28-14-15-4-3-5-18(24)10-15/h3-12,26H,2,13-14H2,1H3. The SMILES string of the molecule is CCOc1cc(CNc2ccc(F)cc2)cc(I)c1OCc1cccc(F)c1. The fourth-order valence-electron chi connectivity index (χ4n) is 2.68. The molecule has 3 aromatic rings. The van der Waals surface area contributed by atoms with Crippen LogP contribution in [0.5, 0.6) is 11.5 Å². The molecule has 1 N–H and O–H groups in total. The van der Waals surface area contributed by atoms with Gasteiger partial charge in [-0.15, -0.1) is 0 Å². The molecule has 0 saturated carbocycles. The van der Waals surface area contributed by atoms with Crippen LogP contribution in [-0.4, -0.2) is 6.61 Å². The van der Waals surface area contributed by atoms with Crippen LogP contribution in [0.2, 0.25) is 0 Å². The summed E-state index contributed by atoms with van der Waals surface area (Å²) < 4.78 is 39.0. The second kappa shape index (κ2) is 9.73. The van der Waals surface area contributed by atoms with Crippen molar-refractivity contribution in [2.24, 2.45) is 0 Å². The largest absolute Gasteiger partial charge is 0.490 e. The predicted octanol–water partition coefficient (Wildman–Crippen LogP) is 6.16. The molecule has 0 heterocycles. The average Bonchev–Trinajstić information content (AvgIpc) is 2.67. The molecule has 0 aliphatic rings. The van der Waals surface area contributed by atoms with Gasteiger partial charge in [-0.25, -0.2) is 8.78 Å². The Hall–Kier alpha value is -2.35. The number of halogens is 3. The third-order valence-electron chi connectivity index (χ3n) is 3.98. The minimum absolute atomic E-state index is 0.251. The van der Waals surface area contributed by atoms with Crippen molar-refractivity contribution < 1.29 is 18.3 Å². The Morgan fingerprint density at radius 2 is 1.68 bits per heavy atom. The molecule has 0 amide bonds. The Kier molecular flexibility index (Phi) is 7.08. The van der Waals surface area contributed by atoms with E-state index in [1.54, 1.807) is 18.2 Å². The van der Waals surface area contributed by atoms with Crippen molar-refractivity contribution in [2.75, 3.05) is 11.9 Å². The second-order valence-electron chi connectivity index (χ2n) is 6.12. The molecule has 0 radical (unpaired) electrons. The van der Waals surface area contributed by atoms with Crippen LogP contribution in [0.25, 0.3) is 0 Å². The van der Waals surface area contributed by atoms with Gasteiger partial charge in [0.2, 0.25) is 0 Å². The summed E-state index contributed by atoms with van der Waals surface area (Å²) in [5, 5.41) is 3.26.